The monoisotopic (exact) mass is 218 g/mol. The minimum absolute atomic E-state index is 0.121. The van der Waals surface area contributed by atoms with Crippen LogP contribution in [0, 0.1) is 29.1 Å². The topological polar surface area (TPSA) is 44.1 Å². The zero-order valence-corrected chi connectivity index (χ0v) is 9.89. The molecule has 3 atom stereocenters. The third-order valence-electron chi connectivity index (χ3n) is 3.74. The average molecular weight is 218 g/mol. The highest BCUT2D eigenvalue weighted by Gasteiger charge is 2.41. The van der Waals surface area contributed by atoms with Crippen molar-refractivity contribution in [2.45, 2.75) is 32.7 Å². The van der Waals surface area contributed by atoms with E-state index in [0.717, 1.165) is 12.8 Å². The van der Waals surface area contributed by atoms with Crippen LogP contribution in [0.1, 0.15) is 26.7 Å². The number of hydrogen-bond acceptors (Lipinski definition) is 2. The van der Waals surface area contributed by atoms with Gasteiger partial charge in [0.05, 0.1) is 6.07 Å². The summed E-state index contributed by atoms with van der Waals surface area (Å²) in [6.45, 7) is 4.16. The van der Waals surface area contributed by atoms with Gasteiger partial charge in [0.25, 0.3) is 0 Å². The number of nitrogens with zero attached hydrogens (tertiary/aromatic N) is 2. The van der Waals surface area contributed by atoms with Gasteiger partial charge in [0.15, 0.2) is 0 Å². The molecule has 0 heterocycles. The Balaban J connectivity index is 2.06. The molecular formula is C13H18N2O. The lowest BCUT2D eigenvalue weighted by Crippen LogP contribution is -2.42. The maximum absolute atomic E-state index is 12.3. The summed E-state index contributed by atoms with van der Waals surface area (Å²) in [6.07, 6.45) is 6.53. The summed E-state index contributed by atoms with van der Waals surface area (Å²) in [6, 6.07) is 2.21. The first-order valence-electron chi connectivity index (χ1n) is 5.99. The van der Waals surface area contributed by atoms with E-state index >= 15 is 0 Å². The summed E-state index contributed by atoms with van der Waals surface area (Å²) in [4.78, 5) is 14.0. The van der Waals surface area contributed by atoms with Crippen LogP contribution in [-0.2, 0) is 4.79 Å². The molecule has 2 rings (SSSR count). The molecule has 2 bridgehead atoms. The molecular weight excluding hydrogens is 200 g/mol. The molecule has 3 unspecified atom stereocenters. The van der Waals surface area contributed by atoms with Gasteiger partial charge in [-0.1, -0.05) is 12.2 Å². The summed E-state index contributed by atoms with van der Waals surface area (Å²) < 4.78 is 0. The van der Waals surface area contributed by atoms with Crippen molar-refractivity contribution in [3.63, 3.8) is 0 Å². The molecule has 0 aromatic heterocycles. The number of carbonyl (C=O) groups excluding carboxylic acids is 1. The van der Waals surface area contributed by atoms with Crippen molar-refractivity contribution in [2.24, 2.45) is 17.8 Å². The first-order valence-corrected chi connectivity index (χ1v) is 5.99. The summed E-state index contributed by atoms with van der Waals surface area (Å²) in [5.74, 6) is 1.34. The minimum Gasteiger partial charge on any atom is -0.327 e. The summed E-state index contributed by atoms with van der Waals surface area (Å²) in [7, 11) is 0. The van der Waals surface area contributed by atoms with Crippen molar-refractivity contribution in [3.05, 3.63) is 12.2 Å². The third-order valence-corrected chi connectivity index (χ3v) is 3.74. The van der Waals surface area contributed by atoms with Gasteiger partial charge in [-0.2, -0.15) is 5.26 Å². The van der Waals surface area contributed by atoms with Crippen LogP contribution in [0.4, 0.5) is 0 Å². The number of rotatable bonds is 3. The molecule has 16 heavy (non-hydrogen) atoms. The Hall–Kier alpha value is -1.30. The summed E-state index contributed by atoms with van der Waals surface area (Å²) in [5.41, 5.74) is 0. The fourth-order valence-electron chi connectivity index (χ4n) is 2.87. The molecule has 0 spiro atoms. The number of allylic oxidation sites excluding steroid dienone is 2. The molecule has 86 valence electrons. The molecule has 2 aliphatic rings. The molecule has 0 aromatic carbocycles. The largest absolute Gasteiger partial charge is 0.327 e. The average Bonchev–Trinajstić information content (AvgIpc) is 2.86. The van der Waals surface area contributed by atoms with Gasteiger partial charge in [0, 0.05) is 12.0 Å². The fourth-order valence-corrected chi connectivity index (χ4v) is 2.87. The van der Waals surface area contributed by atoms with Crippen molar-refractivity contribution in [1.29, 1.82) is 5.26 Å². The van der Waals surface area contributed by atoms with E-state index in [0.29, 0.717) is 11.8 Å². The van der Waals surface area contributed by atoms with Crippen molar-refractivity contribution in [1.82, 2.24) is 4.90 Å². The lowest BCUT2D eigenvalue weighted by Gasteiger charge is -2.29. The van der Waals surface area contributed by atoms with Gasteiger partial charge >= 0.3 is 0 Å². The number of amides is 1. The zero-order valence-electron chi connectivity index (χ0n) is 9.89. The summed E-state index contributed by atoms with van der Waals surface area (Å²) >= 11 is 0. The van der Waals surface area contributed by atoms with E-state index in [-0.39, 0.29) is 24.4 Å². The first kappa shape index (κ1) is 11.2. The van der Waals surface area contributed by atoms with Gasteiger partial charge in [-0.15, -0.1) is 0 Å². The lowest BCUT2D eigenvalue weighted by atomic mass is 9.92. The smallest absolute Gasteiger partial charge is 0.227 e. The molecule has 1 saturated carbocycles. The van der Waals surface area contributed by atoms with Crippen molar-refractivity contribution in [2.75, 3.05) is 6.54 Å². The van der Waals surface area contributed by atoms with E-state index in [1.807, 2.05) is 13.8 Å². The predicted molar refractivity (Wildman–Crippen MR) is 61.3 cm³/mol. The second-order valence-electron chi connectivity index (χ2n) is 5.10. The van der Waals surface area contributed by atoms with Crippen LogP contribution in [0.15, 0.2) is 12.2 Å². The highest BCUT2D eigenvalue weighted by atomic mass is 16.2. The van der Waals surface area contributed by atoms with Gasteiger partial charge in [-0.05, 0) is 38.5 Å². The molecule has 0 aliphatic heterocycles. The Morgan fingerprint density at radius 3 is 2.69 bits per heavy atom. The van der Waals surface area contributed by atoms with E-state index in [1.54, 1.807) is 4.90 Å². The van der Waals surface area contributed by atoms with Crippen LogP contribution < -0.4 is 0 Å². The number of nitriles is 1. The van der Waals surface area contributed by atoms with E-state index in [9.17, 15) is 4.79 Å². The quantitative estimate of drug-likeness (QED) is 0.537. The second kappa shape index (κ2) is 4.29. The first-order chi connectivity index (χ1) is 7.63. The van der Waals surface area contributed by atoms with Gasteiger partial charge < -0.3 is 4.90 Å². The van der Waals surface area contributed by atoms with Crippen molar-refractivity contribution >= 4 is 5.91 Å². The van der Waals surface area contributed by atoms with Gasteiger partial charge in [-0.3, -0.25) is 4.79 Å². The van der Waals surface area contributed by atoms with Crippen LogP contribution in [0.25, 0.3) is 0 Å². The van der Waals surface area contributed by atoms with Crippen LogP contribution in [0.3, 0.4) is 0 Å². The van der Waals surface area contributed by atoms with E-state index in [4.69, 9.17) is 5.26 Å². The normalized spacial score (nSPS) is 30.8. The summed E-state index contributed by atoms with van der Waals surface area (Å²) in [5, 5.41) is 8.75. The molecule has 0 radical (unpaired) electrons. The van der Waals surface area contributed by atoms with Crippen LogP contribution >= 0.6 is 0 Å². The lowest BCUT2D eigenvalue weighted by molar-refractivity contribution is -0.137. The van der Waals surface area contributed by atoms with E-state index < -0.39 is 0 Å². The van der Waals surface area contributed by atoms with Gasteiger partial charge in [0.2, 0.25) is 5.91 Å². The Morgan fingerprint density at radius 1 is 1.50 bits per heavy atom. The SMILES string of the molecule is CC(C)N(CC#N)C(=O)C1CC2C=CC1C2. The van der Waals surface area contributed by atoms with Crippen LogP contribution in [0.5, 0.6) is 0 Å². The number of hydrogen-bond donors (Lipinski definition) is 0. The van der Waals surface area contributed by atoms with Gasteiger partial charge in [-0.25, -0.2) is 0 Å². The second-order valence-corrected chi connectivity index (χ2v) is 5.10. The fraction of sp³-hybridized carbons (Fsp3) is 0.692. The Kier molecular flexibility index (Phi) is 3.00. The van der Waals surface area contributed by atoms with Crippen LogP contribution in [-0.4, -0.2) is 23.4 Å². The highest BCUT2D eigenvalue weighted by molar-refractivity contribution is 5.80. The molecule has 3 nitrogen and oxygen atoms in total. The Bertz CT molecular complexity index is 353. The maximum Gasteiger partial charge on any atom is 0.227 e. The van der Waals surface area contributed by atoms with Gasteiger partial charge in [0.1, 0.15) is 6.54 Å². The Labute approximate surface area is 96.7 Å². The number of carbonyl (C=O) groups is 1. The Morgan fingerprint density at radius 2 is 2.25 bits per heavy atom. The standard InChI is InChI=1S/C13H18N2O/c1-9(2)15(6-5-14)13(16)12-8-10-3-4-11(12)7-10/h3-4,9-12H,6-8H2,1-2H3. The number of fused-ring (bicyclic) bond motifs is 2. The van der Waals surface area contributed by atoms with Crippen LogP contribution in [0.2, 0.25) is 0 Å². The highest BCUT2D eigenvalue weighted by Crippen LogP contribution is 2.44. The minimum atomic E-state index is 0.121. The molecule has 0 N–H and O–H groups in total. The van der Waals surface area contributed by atoms with E-state index in [2.05, 4.69) is 18.2 Å². The third kappa shape index (κ3) is 1.84. The van der Waals surface area contributed by atoms with E-state index in [1.165, 1.54) is 0 Å². The zero-order chi connectivity index (χ0) is 11.7. The molecule has 1 amide bonds. The molecule has 2 aliphatic carbocycles. The predicted octanol–water partition coefficient (Wildman–Crippen LogP) is 1.96. The van der Waals surface area contributed by atoms with Crippen molar-refractivity contribution < 1.29 is 4.79 Å². The molecule has 0 saturated heterocycles. The molecule has 0 aromatic rings. The maximum atomic E-state index is 12.3. The molecule has 1 fully saturated rings. The molecule has 3 heteroatoms. The van der Waals surface area contributed by atoms with Crippen molar-refractivity contribution in [3.8, 4) is 6.07 Å².